The Balaban J connectivity index is 2.19. The Labute approximate surface area is 128 Å². The van der Waals surface area contributed by atoms with Crippen molar-refractivity contribution in [2.24, 2.45) is 0 Å². The van der Waals surface area contributed by atoms with Gasteiger partial charge >= 0.3 is 0 Å². The molecule has 0 bridgehead atoms. The van der Waals surface area contributed by atoms with Crippen LogP contribution in [0, 0.1) is 0 Å². The Bertz CT molecular complexity index is 559. The van der Waals surface area contributed by atoms with Gasteiger partial charge in [0.2, 0.25) is 11.1 Å². The minimum atomic E-state index is 0.616. The number of hydrogen-bond donors (Lipinski definition) is 1. The van der Waals surface area contributed by atoms with Gasteiger partial charge in [0.25, 0.3) is 0 Å². The van der Waals surface area contributed by atoms with Crippen molar-refractivity contribution in [2.45, 2.75) is 16.3 Å². The van der Waals surface area contributed by atoms with Crippen molar-refractivity contribution in [1.82, 2.24) is 20.2 Å². The van der Waals surface area contributed by atoms with Crippen molar-refractivity contribution in [2.75, 3.05) is 30.9 Å². The van der Waals surface area contributed by atoms with Gasteiger partial charge in [-0.05, 0) is 34.6 Å². The summed E-state index contributed by atoms with van der Waals surface area (Å²) >= 11 is 6.45. The molecule has 102 valence electrons. The smallest absolute Gasteiger partial charge is 0.223 e. The van der Waals surface area contributed by atoms with E-state index in [1.54, 1.807) is 6.20 Å². The zero-order chi connectivity index (χ0) is 13.8. The lowest BCUT2D eigenvalue weighted by molar-refractivity contribution is 0.964. The van der Waals surface area contributed by atoms with Gasteiger partial charge in [0.15, 0.2) is 4.34 Å². The Morgan fingerprint density at radius 3 is 2.84 bits per heavy atom. The minimum absolute atomic E-state index is 0.616. The number of nitrogens with one attached hydrogen (secondary N) is 1. The highest BCUT2D eigenvalue weighted by Crippen LogP contribution is 2.35. The van der Waals surface area contributed by atoms with Crippen LogP contribution in [-0.4, -0.2) is 40.8 Å². The average Bonchev–Trinajstić information content (AvgIpc) is 2.82. The number of nitrogens with zero attached hydrogens (tertiary/aromatic N) is 5. The highest BCUT2D eigenvalue weighted by molar-refractivity contribution is 9.10. The first kappa shape index (κ1) is 14.5. The van der Waals surface area contributed by atoms with Crippen molar-refractivity contribution in [3.8, 4) is 0 Å². The lowest BCUT2D eigenvalue weighted by Crippen LogP contribution is -2.07. The van der Waals surface area contributed by atoms with Crippen LogP contribution >= 0.6 is 39.0 Å². The van der Waals surface area contributed by atoms with Gasteiger partial charge in [-0.15, -0.1) is 10.2 Å². The van der Waals surface area contributed by atoms with E-state index in [9.17, 15) is 0 Å². The molecule has 0 aromatic carbocycles. The normalized spacial score (nSPS) is 10.5. The third-order valence-corrected chi connectivity index (χ3v) is 5.00. The monoisotopic (exact) mass is 360 g/mol. The molecule has 0 saturated carbocycles. The molecule has 2 rings (SSSR count). The maximum Gasteiger partial charge on any atom is 0.223 e. The summed E-state index contributed by atoms with van der Waals surface area (Å²) in [4.78, 5) is 10.5. The Kier molecular flexibility index (Phi) is 4.94. The van der Waals surface area contributed by atoms with Crippen molar-refractivity contribution in [1.29, 1.82) is 0 Å². The molecule has 2 aromatic rings. The molecule has 0 amide bonds. The molecule has 9 heteroatoms. The lowest BCUT2D eigenvalue weighted by atomic mass is 10.6. The van der Waals surface area contributed by atoms with Crippen LogP contribution in [0.5, 0.6) is 0 Å². The van der Waals surface area contributed by atoms with E-state index in [1.807, 2.05) is 25.9 Å². The number of halogens is 1. The van der Waals surface area contributed by atoms with Gasteiger partial charge in [0.1, 0.15) is 5.03 Å². The first-order chi connectivity index (χ1) is 9.10. The zero-order valence-electron chi connectivity index (χ0n) is 10.7. The van der Waals surface area contributed by atoms with E-state index < -0.39 is 0 Å². The average molecular weight is 361 g/mol. The molecule has 19 heavy (non-hydrogen) atoms. The quantitative estimate of drug-likeness (QED) is 0.822. The van der Waals surface area contributed by atoms with Gasteiger partial charge < -0.3 is 10.2 Å². The first-order valence-corrected chi connectivity index (χ1v) is 7.98. The molecule has 6 nitrogen and oxygen atoms in total. The summed E-state index contributed by atoms with van der Waals surface area (Å²) in [6.45, 7) is 2.79. The molecular weight excluding hydrogens is 348 g/mol. The van der Waals surface area contributed by atoms with Crippen molar-refractivity contribution in [3.05, 3.63) is 10.7 Å². The number of hydrogen-bond acceptors (Lipinski definition) is 8. The second-order valence-electron chi connectivity index (χ2n) is 3.72. The summed E-state index contributed by atoms with van der Waals surface area (Å²) in [5, 5.41) is 13.0. The second kappa shape index (κ2) is 6.49. The second-order valence-corrected chi connectivity index (χ2v) is 6.77. The Hall–Kier alpha value is -0.930. The van der Waals surface area contributed by atoms with Crippen LogP contribution in [0.1, 0.15) is 6.92 Å². The number of rotatable bonds is 5. The lowest BCUT2D eigenvalue weighted by Gasteiger charge is -2.05. The molecule has 0 aliphatic heterocycles. The fraction of sp³-hybridized carbons (Fsp3) is 0.400. The van der Waals surface area contributed by atoms with Crippen molar-refractivity contribution < 1.29 is 0 Å². The van der Waals surface area contributed by atoms with Crippen molar-refractivity contribution in [3.63, 3.8) is 0 Å². The van der Waals surface area contributed by atoms with Gasteiger partial charge in [-0.1, -0.05) is 11.3 Å². The Morgan fingerprint density at radius 2 is 2.21 bits per heavy atom. The van der Waals surface area contributed by atoms with Gasteiger partial charge in [-0.3, -0.25) is 0 Å². The summed E-state index contributed by atoms with van der Waals surface area (Å²) in [6.07, 6.45) is 1.74. The van der Waals surface area contributed by atoms with E-state index in [0.717, 1.165) is 25.5 Å². The Morgan fingerprint density at radius 1 is 1.42 bits per heavy atom. The van der Waals surface area contributed by atoms with Crippen LogP contribution in [0.3, 0.4) is 0 Å². The molecule has 0 fully saturated rings. The molecular formula is C10H13BrN6S2. The van der Waals surface area contributed by atoms with E-state index in [4.69, 9.17) is 0 Å². The van der Waals surface area contributed by atoms with E-state index >= 15 is 0 Å². The van der Waals surface area contributed by atoms with E-state index in [-0.39, 0.29) is 0 Å². The highest BCUT2D eigenvalue weighted by atomic mass is 79.9. The SMILES string of the molecule is CCNc1ncc(Br)c(Sc2nnc(N(C)C)s2)n1. The molecule has 2 heterocycles. The zero-order valence-corrected chi connectivity index (χ0v) is 13.9. The third-order valence-electron chi connectivity index (χ3n) is 2.01. The summed E-state index contributed by atoms with van der Waals surface area (Å²) in [5.74, 6) is 0.616. The van der Waals surface area contributed by atoms with Crippen LogP contribution in [-0.2, 0) is 0 Å². The minimum Gasteiger partial charge on any atom is -0.354 e. The highest BCUT2D eigenvalue weighted by Gasteiger charge is 2.12. The number of anilines is 2. The van der Waals surface area contributed by atoms with Gasteiger partial charge in [-0.25, -0.2) is 9.97 Å². The number of aromatic nitrogens is 4. The summed E-state index contributed by atoms with van der Waals surface area (Å²) < 4.78 is 1.70. The van der Waals surface area contributed by atoms with E-state index in [0.29, 0.717) is 5.95 Å². The molecule has 0 aliphatic rings. The van der Waals surface area contributed by atoms with Crippen LogP contribution in [0.15, 0.2) is 20.0 Å². The van der Waals surface area contributed by atoms with Crippen LogP contribution < -0.4 is 10.2 Å². The maximum atomic E-state index is 4.43. The van der Waals surface area contributed by atoms with Gasteiger partial charge in [0.05, 0.1) is 4.47 Å². The van der Waals surface area contributed by atoms with Crippen molar-refractivity contribution >= 4 is 50.1 Å². The predicted molar refractivity (Wildman–Crippen MR) is 82.3 cm³/mol. The fourth-order valence-electron chi connectivity index (χ4n) is 1.17. The summed E-state index contributed by atoms with van der Waals surface area (Å²) in [6, 6.07) is 0. The topological polar surface area (TPSA) is 66.8 Å². The van der Waals surface area contributed by atoms with Gasteiger partial charge in [0, 0.05) is 26.8 Å². The molecule has 0 spiro atoms. The molecule has 0 aliphatic carbocycles. The van der Waals surface area contributed by atoms with Crippen LogP contribution in [0.25, 0.3) is 0 Å². The van der Waals surface area contributed by atoms with Gasteiger partial charge in [-0.2, -0.15) is 0 Å². The molecule has 0 radical (unpaired) electrons. The molecule has 0 saturated heterocycles. The van der Waals surface area contributed by atoms with Crippen LogP contribution in [0.4, 0.5) is 11.1 Å². The molecule has 0 atom stereocenters. The summed E-state index contributed by atoms with van der Waals surface area (Å²) in [7, 11) is 3.89. The standard InChI is InChI=1S/C10H13BrN6S2/c1-4-12-8-13-5-6(11)7(14-8)18-10-16-15-9(19-10)17(2)3/h5H,4H2,1-3H3,(H,12,13,14). The fourth-order valence-corrected chi connectivity index (χ4v) is 3.27. The molecule has 1 N–H and O–H groups in total. The predicted octanol–water partition coefficient (Wildman–Crippen LogP) is 2.74. The van der Waals surface area contributed by atoms with E-state index in [2.05, 4.69) is 41.4 Å². The summed E-state index contributed by atoms with van der Waals surface area (Å²) in [5.41, 5.74) is 0. The third kappa shape index (κ3) is 3.77. The maximum absolute atomic E-state index is 4.43. The largest absolute Gasteiger partial charge is 0.354 e. The molecule has 0 unspecified atom stereocenters. The molecule has 2 aromatic heterocycles. The first-order valence-electron chi connectivity index (χ1n) is 5.55. The van der Waals surface area contributed by atoms with E-state index in [1.165, 1.54) is 23.1 Å². The van der Waals surface area contributed by atoms with Crippen LogP contribution in [0.2, 0.25) is 0 Å².